The topological polar surface area (TPSA) is 49.3 Å². The second-order valence-electron chi connectivity index (χ2n) is 3.14. The first-order valence-electron chi connectivity index (χ1n) is 4.81. The molecule has 0 amide bonds. The SMILES string of the molecule is CC[C@H](Nc1ccccc1SC)C(=O)O. The number of para-hydroxylation sites is 1. The number of carbonyl (C=O) groups is 1. The number of anilines is 1. The van der Waals surface area contributed by atoms with Gasteiger partial charge in [0, 0.05) is 10.6 Å². The van der Waals surface area contributed by atoms with Crippen molar-refractivity contribution in [3.63, 3.8) is 0 Å². The quantitative estimate of drug-likeness (QED) is 0.756. The van der Waals surface area contributed by atoms with E-state index in [2.05, 4.69) is 5.32 Å². The molecule has 0 saturated heterocycles. The highest BCUT2D eigenvalue weighted by atomic mass is 32.2. The Morgan fingerprint density at radius 2 is 2.20 bits per heavy atom. The third-order valence-corrected chi connectivity index (χ3v) is 2.94. The minimum Gasteiger partial charge on any atom is -0.480 e. The zero-order valence-electron chi connectivity index (χ0n) is 8.86. The van der Waals surface area contributed by atoms with Crippen molar-refractivity contribution < 1.29 is 9.90 Å². The fraction of sp³-hybridized carbons (Fsp3) is 0.364. The molecule has 0 fully saturated rings. The molecular weight excluding hydrogens is 210 g/mol. The van der Waals surface area contributed by atoms with E-state index in [1.54, 1.807) is 11.8 Å². The summed E-state index contributed by atoms with van der Waals surface area (Å²) in [6.07, 6.45) is 2.54. The number of carboxylic acids is 1. The summed E-state index contributed by atoms with van der Waals surface area (Å²) in [4.78, 5) is 11.9. The largest absolute Gasteiger partial charge is 0.480 e. The van der Waals surface area contributed by atoms with Gasteiger partial charge < -0.3 is 10.4 Å². The van der Waals surface area contributed by atoms with Crippen molar-refractivity contribution in [2.24, 2.45) is 0 Å². The van der Waals surface area contributed by atoms with Gasteiger partial charge in [-0.2, -0.15) is 0 Å². The Labute approximate surface area is 93.9 Å². The molecule has 1 atom stereocenters. The fourth-order valence-electron chi connectivity index (χ4n) is 1.29. The van der Waals surface area contributed by atoms with Crippen LogP contribution in [0.3, 0.4) is 0 Å². The summed E-state index contributed by atoms with van der Waals surface area (Å²) in [5.41, 5.74) is 0.888. The van der Waals surface area contributed by atoms with E-state index in [9.17, 15) is 4.79 Å². The van der Waals surface area contributed by atoms with Crippen LogP contribution in [0.2, 0.25) is 0 Å². The minimum atomic E-state index is -0.812. The van der Waals surface area contributed by atoms with E-state index in [0.29, 0.717) is 6.42 Å². The molecule has 0 spiro atoms. The predicted octanol–water partition coefficient (Wildman–Crippen LogP) is 2.68. The van der Waals surface area contributed by atoms with Gasteiger partial charge >= 0.3 is 5.97 Å². The van der Waals surface area contributed by atoms with Gasteiger partial charge in [-0.15, -0.1) is 11.8 Å². The zero-order valence-corrected chi connectivity index (χ0v) is 9.67. The van der Waals surface area contributed by atoms with E-state index < -0.39 is 12.0 Å². The standard InChI is InChI=1S/C11H15NO2S/c1-3-8(11(13)14)12-9-6-4-5-7-10(9)15-2/h4-8,12H,3H2,1-2H3,(H,13,14)/t8-/m0/s1. The normalized spacial score (nSPS) is 12.1. The van der Waals surface area contributed by atoms with Gasteiger partial charge in [0.05, 0.1) is 0 Å². The lowest BCUT2D eigenvalue weighted by Crippen LogP contribution is -2.28. The molecule has 0 aromatic heterocycles. The molecule has 1 aromatic carbocycles. The number of thioether (sulfide) groups is 1. The molecule has 0 aliphatic carbocycles. The number of aliphatic carboxylic acids is 1. The first-order chi connectivity index (χ1) is 7.19. The first kappa shape index (κ1) is 11.9. The number of nitrogens with one attached hydrogen (secondary N) is 1. The number of benzene rings is 1. The van der Waals surface area contributed by atoms with Crippen molar-refractivity contribution in [1.82, 2.24) is 0 Å². The highest BCUT2D eigenvalue weighted by molar-refractivity contribution is 7.98. The van der Waals surface area contributed by atoms with E-state index in [0.717, 1.165) is 10.6 Å². The molecule has 1 rings (SSSR count). The van der Waals surface area contributed by atoms with Crippen LogP contribution in [-0.2, 0) is 4.79 Å². The monoisotopic (exact) mass is 225 g/mol. The van der Waals surface area contributed by atoms with Gasteiger partial charge in [-0.05, 0) is 24.8 Å². The van der Waals surface area contributed by atoms with Crippen LogP contribution in [0, 0.1) is 0 Å². The van der Waals surface area contributed by atoms with Crippen molar-refractivity contribution in [3.05, 3.63) is 24.3 Å². The Hall–Kier alpha value is -1.16. The van der Waals surface area contributed by atoms with E-state index in [1.807, 2.05) is 37.4 Å². The number of hydrogen-bond donors (Lipinski definition) is 2. The van der Waals surface area contributed by atoms with Crippen LogP contribution in [-0.4, -0.2) is 23.4 Å². The van der Waals surface area contributed by atoms with Crippen LogP contribution in [0.1, 0.15) is 13.3 Å². The summed E-state index contributed by atoms with van der Waals surface area (Å²) in [5.74, 6) is -0.812. The van der Waals surface area contributed by atoms with Gasteiger partial charge in [0.2, 0.25) is 0 Å². The predicted molar refractivity (Wildman–Crippen MR) is 63.6 cm³/mol. The lowest BCUT2D eigenvalue weighted by Gasteiger charge is -2.15. The van der Waals surface area contributed by atoms with Crippen LogP contribution >= 0.6 is 11.8 Å². The van der Waals surface area contributed by atoms with Crippen molar-refractivity contribution >= 4 is 23.4 Å². The van der Waals surface area contributed by atoms with Gasteiger partial charge in [-0.3, -0.25) is 0 Å². The van der Waals surface area contributed by atoms with Crippen LogP contribution < -0.4 is 5.32 Å². The number of rotatable bonds is 5. The molecule has 4 heteroatoms. The first-order valence-corrected chi connectivity index (χ1v) is 6.03. The van der Waals surface area contributed by atoms with E-state index in [1.165, 1.54) is 0 Å². The highest BCUT2D eigenvalue weighted by Gasteiger charge is 2.15. The molecule has 0 saturated carbocycles. The molecular formula is C11H15NO2S. The van der Waals surface area contributed by atoms with Gasteiger partial charge in [0.25, 0.3) is 0 Å². The smallest absolute Gasteiger partial charge is 0.326 e. The second kappa shape index (κ2) is 5.66. The molecule has 15 heavy (non-hydrogen) atoms. The minimum absolute atomic E-state index is 0.515. The molecule has 1 aromatic rings. The van der Waals surface area contributed by atoms with Crippen LogP contribution in [0.25, 0.3) is 0 Å². The molecule has 0 bridgehead atoms. The van der Waals surface area contributed by atoms with Crippen molar-refractivity contribution in [2.75, 3.05) is 11.6 Å². The lowest BCUT2D eigenvalue weighted by atomic mass is 10.2. The molecule has 0 aliphatic rings. The van der Waals surface area contributed by atoms with E-state index >= 15 is 0 Å². The summed E-state index contributed by atoms with van der Waals surface area (Å²) >= 11 is 1.60. The molecule has 0 unspecified atom stereocenters. The number of carboxylic acid groups (broad SMARTS) is 1. The Kier molecular flexibility index (Phi) is 4.49. The Morgan fingerprint density at radius 1 is 1.53 bits per heavy atom. The Balaban J connectivity index is 2.82. The molecule has 3 nitrogen and oxygen atoms in total. The highest BCUT2D eigenvalue weighted by Crippen LogP contribution is 2.25. The average molecular weight is 225 g/mol. The number of hydrogen-bond acceptors (Lipinski definition) is 3. The third-order valence-electron chi connectivity index (χ3n) is 2.14. The van der Waals surface area contributed by atoms with E-state index in [-0.39, 0.29) is 0 Å². The second-order valence-corrected chi connectivity index (χ2v) is 3.99. The molecule has 0 aliphatic heterocycles. The summed E-state index contributed by atoms with van der Waals surface area (Å²) < 4.78 is 0. The van der Waals surface area contributed by atoms with E-state index in [4.69, 9.17) is 5.11 Å². The molecule has 0 heterocycles. The molecule has 0 radical (unpaired) electrons. The van der Waals surface area contributed by atoms with Crippen LogP contribution in [0.15, 0.2) is 29.2 Å². The van der Waals surface area contributed by atoms with Crippen molar-refractivity contribution in [1.29, 1.82) is 0 Å². The van der Waals surface area contributed by atoms with Gasteiger partial charge in [-0.25, -0.2) is 4.79 Å². The third kappa shape index (κ3) is 3.16. The summed E-state index contributed by atoms with van der Waals surface area (Å²) in [6, 6.07) is 7.20. The Morgan fingerprint density at radius 3 is 2.73 bits per heavy atom. The van der Waals surface area contributed by atoms with Crippen LogP contribution in [0.5, 0.6) is 0 Å². The van der Waals surface area contributed by atoms with Gasteiger partial charge in [-0.1, -0.05) is 19.1 Å². The van der Waals surface area contributed by atoms with Gasteiger partial charge in [0.15, 0.2) is 0 Å². The maximum absolute atomic E-state index is 10.9. The fourth-order valence-corrected chi connectivity index (χ4v) is 1.85. The maximum Gasteiger partial charge on any atom is 0.326 e. The van der Waals surface area contributed by atoms with Crippen LogP contribution in [0.4, 0.5) is 5.69 Å². The Bertz CT molecular complexity index is 341. The van der Waals surface area contributed by atoms with Gasteiger partial charge in [0.1, 0.15) is 6.04 Å². The van der Waals surface area contributed by atoms with Crippen molar-refractivity contribution in [2.45, 2.75) is 24.3 Å². The molecule has 82 valence electrons. The summed E-state index contributed by atoms with van der Waals surface area (Å²) in [7, 11) is 0. The van der Waals surface area contributed by atoms with Crippen molar-refractivity contribution in [3.8, 4) is 0 Å². The average Bonchev–Trinajstić information content (AvgIpc) is 2.25. The maximum atomic E-state index is 10.9. The summed E-state index contributed by atoms with van der Waals surface area (Å²) in [5, 5.41) is 12.0. The zero-order chi connectivity index (χ0) is 11.3. The lowest BCUT2D eigenvalue weighted by molar-refractivity contribution is -0.137. The summed E-state index contributed by atoms with van der Waals surface area (Å²) in [6.45, 7) is 1.85. The molecule has 2 N–H and O–H groups in total.